The zero-order valence-corrected chi connectivity index (χ0v) is 4.54. The maximum atomic E-state index is 12.3. The number of rotatable bonds is 2. The Balaban J connectivity index is 2.76. The van der Waals surface area contributed by atoms with Crippen LogP contribution in [0.1, 0.15) is 11.9 Å². The monoisotopic (exact) mass is 128 g/mol. The molecule has 3 nitrogen and oxygen atoms in total. The van der Waals surface area contributed by atoms with E-state index in [1.807, 2.05) is 0 Å². The van der Waals surface area contributed by atoms with Crippen LogP contribution in [0.15, 0.2) is 12.5 Å². The van der Waals surface area contributed by atoms with Crippen molar-refractivity contribution in [2.75, 3.05) is 0 Å². The molecule has 0 saturated carbocycles. The third-order valence-electron chi connectivity index (χ3n) is 0.936. The second-order valence-electron chi connectivity index (χ2n) is 1.54. The van der Waals surface area contributed by atoms with E-state index in [2.05, 4.69) is 9.97 Å². The molecule has 0 fully saturated rings. The zero-order chi connectivity index (χ0) is 6.69. The molecule has 0 aliphatic rings. The third kappa shape index (κ3) is 1.13. The van der Waals surface area contributed by atoms with Crippen LogP contribution < -0.4 is 0 Å². The lowest BCUT2D eigenvalue weighted by Crippen LogP contribution is -1.91. The Kier molecular flexibility index (Phi) is 1.58. The standard InChI is InChI=1S/C5H5FN2O/c6-4(2-9)5-1-7-3-8-5/h1-4H,(H,7,8). The van der Waals surface area contributed by atoms with E-state index in [0.717, 1.165) is 0 Å². The summed E-state index contributed by atoms with van der Waals surface area (Å²) >= 11 is 0. The molecule has 0 aromatic carbocycles. The molecule has 1 rings (SSSR count). The van der Waals surface area contributed by atoms with Crippen LogP contribution in [-0.4, -0.2) is 16.3 Å². The predicted octanol–water partition coefficient (Wildman–Crippen LogP) is 0.619. The summed E-state index contributed by atoms with van der Waals surface area (Å²) < 4.78 is 12.3. The number of aldehydes is 1. The van der Waals surface area contributed by atoms with Crippen molar-refractivity contribution in [3.63, 3.8) is 0 Å². The van der Waals surface area contributed by atoms with Gasteiger partial charge in [0.05, 0.1) is 18.2 Å². The normalized spacial score (nSPS) is 13.0. The maximum Gasteiger partial charge on any atom is 0.196 e. The number of alkyl halides is 1. The smallest absolute Gasteiger partial charge is 0.196 e. The van der Waals surface area contributed by atoms with Gasteiger partial charge in [-0.05, 0) is 0 Å². The molecule has 1 aromatic rings. The highest BCUT2D eigenvalue weighted by atomic mass is 19.1. The second-order valence-corrected chi connectivity index (χ2v) is 1.54. The Morgan fingerprint density at radius 2 is 2.67 bits per heavy atom. The van der Waals surface area contributed by atoms with Crippen LogP contribution in [0.2, 0.25) is 0 Å². The molecule has 0 radical (unpaired) electrons. The minimum absolute atomic E-state index is 0.199. The quantitative estimate of drug-likeness (QED) is 0.593. The van der Waals surface area contributed by atoms with Crippen LogP contribution in [0, 0.1) is 0 Å². The molecule has 0 amide bonds. The lowest BCUT2D eigenvalue weighted by Gasteiger charge is -1.90. The van der Waals surface area contributed by atoms with Crippen LogP contribution >= 0.6 is 0 Å². The fourth-order valence-electron chi connectivity index (χ4n) is 0.491. The minimum atomic E-state index is -1.56. The van der Waals surface area contributed by atoms with E-state index in [9.17, 15) is 9.18 Å². The van der Waals surface area contributed by atoms with Gasteiger partial charge in [0.2, 0.25) is 0 Å². The van der Waals surface area contributed by atoms with Crippen LogP contribution in [0.5, 0.6) is 0 Å². The molecule has 48 valence electrons. The summed E-state index contributed by atoms with van der Waals surface area (Å²) in [6.45, 7) is 0. The van der Waals surface area contributed by atoms with Gasteiger partial charge in [0.25, 0.3) is 0 Å². The summed E-state index contributed by atoms with van der Waals surface area (Å²) in [5.74, 6) is 0. The molecular weight excluding hydrogens is 123 g/mol. The van der Waals surface area contributed by atoms with Gasteiger partial charge in [-0.25, -0.2) is 9.37 Å². The summed E-state index contributed by atoms with van der Waals surface area (Å²) in [6, 6.07) is 0. The first kappa shape index (κ1) is 5.94. The number of nitrogens with one attached hydrogen (secondary N) is 1. The van der Waals surface area contributed by atoms with Gasteiger partial charge >= 0.3 is 0 Å². The summed E-state index contributed by atoms with van der Waals surface area (Å²) in [7, 11) is 0. The highest BCUT2D eigenvalue weighted by Crippen LogP contribution is 2.08. The molecular formula is C5H5FN2O. The number of aromatic amines is 1. The summed E-state index contributed by atoms with van der Waals surface area (Å²) in [4.78, 5) is 15.8. The lowest BCUT2D eigenvalue weighted by atomic mass is 10.3. The van der Waals surface area contributed by atoms with E-state index >= 15 is 0 Å². The molecule has 1 aromatic heterocycles. The average molecular weight is 128 g/mol. The van der Waals surface area contributed by atoms with Crippen LogP contribution in [0.4, 0.5) is 4.39 Å². The molecule has 1 heterocycles. The second kappa shape index (κ2) is 2.39. The van der Waals surface area contributed by atoms with Crippen molar-refractivity contribution in [3.05, 3.63) is 18.2 Å². The predicted molar refractivity (Wildman–Crippen MR) is 28.5 cm³/mol. The van der Waals surface area contributed by atoms with Crippen molar-refractivity contribution in [1.82, 2.24) is 9.97 Å². The van der Waals surface area contributed by atoms with Gasteiger partial charge in [0.1, 0.15) is 0 Å². The number of halogens is 1. The van der Waals surface area contributed by atoms with Gasteiger partial charge < -0.3 is 4.98 Å². The first-order valence-corrected chi connectivity index (χ1v) is 2.42. The van der Waals surface area contributed by atoms with Crippen molar-refractivity contribution in [2.45, 2.75) is 6.17 Å². The van der Waals surface area contributed by atoms with Crippen LogP contribution in [0.25, 0.3) is 0 Å². The van der Waals surface area contributed by atoms with Gasteiger partial charge in [0, 0.05) is 0 Å². The number of carbonyl (C=O) groups is 1. The number of nitrogens with zero attached hydrogens (tertiary/aromatic N) is 1. The molecule has 4 heteroatoms. The van der Waals surface area contributed by atoms with Crippen molar-refractivity contribution >= 4 is 6.29 Å². The van der Waals surface area contributed by atoms with Gasteiger partial charge in [-0.1, -0.05) is 0 Å². The zero-order valence-electron chi connectivity index (χ0n) is 4.54. The van der Waals surface area contributed by atoms with Crippen molar-refractivity contribution in [1.29, 1.82) is 0 Å². The molecule has 1 N–H and O–H groups in total. The maximum absolute atomic E-state index is 12.3. The molecule has 1 atom stereocenters. The van der Waals surface area contributed by atoms with Crippen molar-refractivity contribution in [2.24, 2.45) is 0 Å². The largest absolute Gasteiger partial charge is 0.346 e. The Bertz CT molecular complexity index is 185. The molecule has 0 bridgehead atoms. The van der Waals surface area contributed by atoms with E-state index < -0.39 is 6.17 Å². The Morgan fingerprint density at radius 1 is 1.89 bits per heavy atom. The fraction of sp³-hybridized carbons (Fsp3) is 0.200. The topological polar surface area (TPSA) is 45.8 Å². The lowest BCUT2D eigenvalue weighted by molar-refractivity contribution is -0.112. The van der Waals surface area contributed by atoms with E-state index in [-0.39, 0.29) is 12.0 Å². The van der Waals surface area contributed by atoms with E-state index in [4.69, 9.17) is 0 Å². The summed E-state index contributed by atoms with van der Waals surface area (Å²) in [5.41, 5.74) is 0.199. The van der Waals surface area contributed by atoms with Crippen LogP contribution in [-0.2, 0) is 4.79 Å². The molecule has 0 aliphatic heterocycles. The summed E-state index contributed by atoms with van der Waals surface area (Å²) in [5, 5.41) is 0. The number of carbonyl (C=O) groups excluding carboxylic acids is 1. The Morgan fingerprint density at radius 3 is 3.11 bits per heavy atom. The number of aromatic nitrogens is 2. The number of imidazole rings is 1. The van der Waals surface area contributed by atoms with Gasteiger partial charge in [-0.15, -0.1) is 0 Å². The van der Waals surface area contributed by atoms with Crippen LogP contribution in [0.3, 0.4) is 0 Å². The summed E-state index contributed by atoms with van der Waals surface area (Å²) in [6.07, 6.45) is 1.25. The van der Waals surface area contributed by atoms with E-state index in [1.165, 1.54) is 12.5 Å². The van der Waals surface area contributed by atoms with E-state index in [1.54, 1.807) is 0 Å². The minimum Gasteiger partial charge on any atom is -0.346 e. The van der Waals surface area contributed by atoms with E-state index in [0.29, 0.717) is 0 Å². The Labute approximate surface area is 50.9 Å². The van der Waals surface area contributed by atoms with Gasteiger partial charge in [-0.3, -0.25) is 4.79 Å². The first-order chi connectivity index (χ1) is 4.34. The third-order valence-corrected chi connectivity index (χ3v) is 0.936. The molecule has 9 heavy (non-hydrogen) atoms. The number of hydrogen-bond acceptors (Lipinski definition) is 2. The highest BCUT2D eigenvalue weighted by molar-refractivity contribution is 5.57. The molecule has 0 aliphatic carbocycles. The fourth-order valence-corrected chi connectivity index (χ4v) is 0.491. The molecule has 1 unspecified atom stereocenters. The van der Waals surface area contributed by atoms with Crippen molar-refractivity contribution in [3.8, 4) is 0 Å². The molecule has 0 spiro atoms. The van der Waals surface area contributed by atoms with Gasteiger partial charge in [0.15, 0.2) is 12.5 Å². The highest BCUT2D eigenvalue weighted by Gasteiger charge is 2.07. The van der Waals surface area contributed by atoms with Gasteiger partial charge in [-0.2, -0.15) is 0 Å². The average Bonchev–Trinajstić information content (AvgIpc) is 2.37. The number of H-pyrrole nitrogens is 1. The Hall–Kier alpha value is -1.19. The number of hydrogen-bond donors (Lipinski definition) is 1. The SMILES string of the molecule is O=CC(F)c1cnc[nH]1. The first-order valence-electron chi connectivity index (χ1n) is 2.42. The van der Waals surface area contributed by atoms with Crippen molar-refractivity contribution < 1.29 is 9.18 Å². The molecule has 0 saturated heterocycles.